The van der Waals surface area contributed by atoms with Gasteiger partial charge in [-0.3, -0.25) is 0 Å². The van der Waals surface area contributed by atoms with Gasteiger partial charge in [0, 0.05) is 6.61 Å². The average molecular weight is 410 g/mol. The van der Waals surface area contributed by atoms with E-state index in [2.05, 4.69) is 6.92 Å². The standard InChI is InChI=1S/C26H49OS/c1-2-3-4-5-6-13-22-27-23-18-20-26(21-19-23)28(24-14-9-7-10-15-24)25-16-11-8-12-17-25/h23-26H,2-22H2,1H3/q+1. The zero-order valence-electron chi connectivity index (χ0n) is 19.0. The van der Waals surface area contributed by atoms with Crippen LogP contribution in [-0.2, 0) is 15.6 Å². The highest BCUT2D eigenvalue weighted by atomic mass is 32.2. The summed E-state index contributed by atoms with van der Waals surface area (Å²) in [6, 6.07) is 0. The molecule has 0 aliphatic heterocycles. The molecule has 164 valence electrons. The highest BCUT2D eigenvalue weighted by Crippen LogP contribution is 2.40. The first kappa shape index (κ1) is 23.0. The molecule has 0 bridgehead atoms. The van der Waals surface area contributed by atoms with Gasteiger partial charge in [0.2, 0.25) is 0 Å². The number of rotatable bonds is 11. The van der Waals surface area contributed by atoms with Crippen molar-refractivity contribution < 1.29 is 4.74 Å². The van der Waals surface area contributed by atoms with Gasteiger partial charge in [0.1, 0.15) is 15.7 Å². The predicted octanol–water partition coefficient (Wildman–Crippen LogP) is 7.96. The third kappa shape index (κ3) is 7.53. The van der Waals surface area contributed by atoms with Crippen molar-refractivity contribution in [3.05, 3.63) is 0 Å². The third-order valence-electron chi connectivity index (χ3n) is 7.73. The molecule has 0 N–H and O–H groups in total. The highest BCUT2D eigenvalue weighted by molar-refractivity contribution is 7.98. The molecule has 0 unspecified atom stereocenters. The van der Waals surface area contributed by atoms with Crippen LogP contribution >= 0.6 is 0 Å². The molecule has 0 spiro atoms. The SMILES string of the molecule is CCCCCCCCOC1CCC([S+](C2CCCCC2)C2CCCCC2)CC1. The minimum Gasteiger partial charge on any atom is -0.378 e. The normalized spacial score (nSPS) is 28.1. The molecule has 0 radical (unpaired) electrons. The lowest BCUT2D eigenvalue weighted by molar-refractivity contribution is 0.0270. The van der Waals surface area contributed by atoms with Crippen molar-refractivity contribution in [2.75, 3.05) is 6.61 Å². The van der Waals surface area contributed by atoms with Crippen molar-refractivity contribution >= 4 is 10.9 Å². The lowest BCUT2D eigenvalue weighted by Crippen LogP contribution is -2.44. The van der Waals surface area contributed by atoms with Crippen molar-refractivity contribution in [2.24, 2.45) is 0 Å². The van der Waals surface area contributed by atoms with E-state index in [1.54, 1.807) is 25.7 Å². The smallest absolute Gasteiger partial charge is 0.119 e. The van der Waals surface area contributed by atoms with Crippen molar-refractivity contribution in [1.29, 1.82) is 0 Å². The number of unbranched alkanes of at least 4 members (excludes halogenated alkanes) is 5. The second kappa shape index (κ2) is 13.6. The van der Waals surface area contributed by atoms with Gasteiger partial charge in [-0.1, -0.05) is 51.9 Å². The Morgan fingerprint density at radius 1 is 0.571 bits per heavy atom. The molecule has 28 heavy (non-hydrogen) atoms. The fourth-order valence-electron chi connectivity index (χ4n) is 6.09. The van der Waals surface area contributed by atoms with Crippen molar-refractivity contribution in [1.82, 2.24) is 0 Å². The first-order chi connectivity index (χ1) is 13.9. The van der Waals surface area contributed by atoms with E-state index in [0.717, 1.165) is 33.3 Å². The summed E-state index contributed by atoms with van der Waals surface area (Å²) in [6.07, 6.45) is 29.9. The summed E-state index contributed by atoms with van der Waals surface area (Å²) in [5.74, 6) is 0. The molecule has 2 heteroatoms. The lowest BCUT2D eigenvalue weighted by Gasteiger charge is -2.37. The van der Waals surface area contributed by atoms with Crippen LogP contribution in [0.25, 0.3) is 0 Å². The molecule has 3 aliphatic rings. The Bertz CT molecular complexity index is 360. The molecule has 1 nitrogen and oxygen atoms in total. The van der Waals surface area contributed by atoms with Gasteiger partial charge in [-0.15, -0.1) is 0 Å². The Hall–Kier alpha value is 0.310. The van der Waals surface area contributed by atoms with E-state index < -0.39 is 0 Å². The van der Waals surface area contributed by atoms with Crippen molar-refractivity contribution in [2.45, 2.75) is 157 Å². The molecule has 0 aromatic rings. The molecule has 0 aromatic heterocycles. The zero-order chi connectivity index (χ0) is 19.4. The van der Waals surface area contributed by atoms with Crippen LogP contribution in [0.5, 0.6) is 0 Å². The van der Waals surface area contributed by atoms with Gasteiger partial charge in [-0.25, -0.2) is 0 Å². The van der Waals surface area contributed by atoms with Crippen LogP contribution in [0.1, 0.15) is 135 Å². The maximum Gasteiger partial charge on any atom is 0.119 e. The summed E-state index contributed by atoms with van der Waals surface area (Å²) in [6.45, 7) is 3.32. The predicted molar refractivity (Wildman–Crippen MR) is 126 cm³/mol. The second-order valence-corrected chi connectivity index (χ2v) is 12.8. The second-order valence-electron chi connectivity index (χ2n) is 9.97. The van der Waals surface area contributed by atoms with Crippen LogP contribution in [0.2, 0.25) is 0 Å². The average Bonchev–Trinajstić information content (AvgIpc) is 2.76. The van der Waals surface area contributed by atoms with Gasteiger partial charge < -0.3 is 4.74 Å². The Labute approximate surface area is 179 Å². The van der Waals surface area contributed by atoms with Crippen LogP contribution < -0.4 is 0 Å². The molecule has 0 aromatic carbocycles. The van der Waals surface area contributed by atoms with E-state index in [1.165, 1.54) is 103 Å². The number of hydrogen-bond donors (Lipinski definition) is 0. The Morgan fingerprint density at radius 2 is 1.07 bits per heavy atom. The molecule has 0 saturated heterocycles. The number of ether oxygens (including phenoxy) is 1. The minimum atomic E-state index is 0.593. The quantitative estimate of drug-likeness (QED) is 0.248. The summed E-state index contributed by atoms with van der Waals surface area (Å²) < 4.78 is 6.31. The Balaban J connectivity index is 1.39. The summed E-state index contributed by atoms with van der Waals surface area (Å²) in [7, 11) is 0.734. The van der Waals surface area contributed by atoms with Gasteiger partial charge in [0.25, 0.3) is 0 Å². The van der Waals surface area contributed by atoms with E-state index in [1.807, 2.05) is 0 Å². The monoisotopic (exact) mass is 409 g/mol. The van der Waals surface area contributed by atoms with Crippen LogP contribution in [0.15, 0.2) is 0 Å². The zero-order valence-corrected chi connectivity index (χ0v) is 19.8. The van der Waals surface area contributed by atoms with Crippen LogP contribution in [0.4, 0.5) is 0 Å². The molecule has 3 rings (SSSR count). The van der Waals surface area contributed by atoms with Crippen molar-refractivity contribution in [3.8, 4) is 0 Å². The van der Waals surface area contributed by atoms with Gasteiger partial charge in [-0.05, 0) is 94.4 Å². The lowest BCUT2D eigenvalue weighted by atomic mass is 9.97. The van der Waals surface area contributed by atoms with Gasteiger partial charge in [0.15, 0.2) is 0 Å². The minimum absolute atomic E-state index is 0.593. The first-order valence-electron chi connectivity index (χ1n) is 13.2. The molecule has 0 amide bonds. The van der Waals surface area contributed by atoms with E-state index in [9.17, 15) is 0 Å². The maximum absolute atomic E-state index is 6.31. The summed E-state index contributed by atoms with van der Waals surface area (Å²) in [5, 5.41) is 3.25. The Kier molecular flexibility index (Phi) is 11.1. The van der Waals surface area contributed by atoms with Crippen LogP contribution in [0.3, 0.4) is 0 Å². The summed E-state index contributed by atoms with van der Waals surface area (Å²) in [4.78, 5) is 0. The van der Waals surface area contributed by atoms with Gasteiger partial charge >= 0.3 is 0 Å². The number of hydrogen-bond acceptors (Lipinski definition) is 1. The van der Waals surface area contributed by atoms with E-state index in [4.69, 9.17) is 4.74 Å². The first-order valence-corrected chi connectivity index (χ1v) is 14.6. The molecule has 3 fully saturated rings. The largest absolute Gasteiger partial charge is 0.378 e. The van der Waals surface area contributed by atoms with E-state index >= 15 is 0 Å². The van der Waals surface area contributed by atoms with Crippen molar-refractivity contribution in [3.63, 3.8) is 0 Å². The summed E-state index contributed by atoms with van der Waals surface area (Å²) >= 11 is 0. The van der Waals surface area contributed by atoms with E-state index in [-0.39, 0.29) is 0 Å². The topological polar surface area (TPSA) is 9.23 Å². The molecular weight excluding hydrogens is 360 g/mol. The molecule has 0 heterocycles. The van der Waals surface area contributed by atoms with Gasteiger partial charge in [-0.2, -0.15) is 0 Å². The van der Waals surface area contributed by atoms with Crippen LogP contribution in [-0.4, -0.2) is 28.5 Å². The fourth-order valence-corrected chi connectivity index (χ4v) is 10.3. The van der Waals surface area contributed by atoms with E-state index in [0.29, 0.717) is 6.10 Å². The molecule has 0 atom stereocenters. The maximum atomic E-state index is 6.31. The Morgan fingerprint density at radius 3 is 1.64 bits per heavy atom. The highest BCUT2D eigenvalue weighted by Gasteiger charge is 2.46. The fraction of sp³-hybridized carbons (Fsp3) is 1.00. The summed E-state index contributed by atoms with van der Waals surface area (Å²) in [5.41, 5.74) is 0. The third-order valence-corrected chi connectivity index (χ3v) is 11.5. The van der Waals surface area contributed by atoms with Crippen LogP contribution in [0, 0.1) is 0 Å². The molecule has 3 saturated carbocycles. The molecular formula is C26H49OS+. The molecule has 3 aliphatic carbocycles. The van der Waals surface area contributed by atoms with Gasteiger partial charge in [0.05, 0.1) is 6.10 Å².